The van der Waals surface area contributed by atoms with E-state index in [1.807, 2.05) is 24.3 Å². The van der Waals surface area contributed by atoms with Crippen molar-refractivity contribution in [2.45, 2.75) is 0 Å². The Bertz CT molecular complexity index is 743. The molecule has 0 amide bonds. The Hall–Kier alpha value is -2.01. The standard InChI is InChI=1S/C14H8BrFN2O/c15-11-6-5-9(16)7-13(11)19-14-8-17-18-12-4-2-1-3-10(12)14/h1-8H. The molecule has 0 aliphatic carbocycles. The number of hydrogen-bond donors (Lipinski definition) is 0. The molecule has 94 valence electrons. The SMILES string of the molecule is Fc1ccc(Br)c(Oc2cnnc3ccccc23)c1. The van der Waals surface area contributed by atoms with Crippen LogP contribution in [0.25, 0.3) is 10.9 Å². The van der Waals surface area contributed by atoms with E-state index in [0.29, 0.717) is 16.0 Å². The highest BCUT2D eigenvalue weighted by Gasteiger charge is 2.08. The van der Waals surface area contributed by atoms with Gasteiger partial charge in [0.1, 0.15) is 11.6 Å². The first kappa shape index (κ1) is 12.0. The summed E-state index contributed by atoms with van der Waals surface area (Å²) < 4.78 is 19.6. The van der Waals surface area contributed by atoms with Crippen molar-refractivity contribution >= 4 is 26.8 Å². The van der Waals surface area contributed by atoms with Gasteiger partial charge in [-0.1, -0.05) is 12.1 Å². The molecule has 1 aromatic heterocycles. The van der Waals surface area contributed by atoms with E-state index in [9.17, 15) is 4.39 Å². The van der Waals surface area contributed by atoms with Gasteiger partial charge in [-0.2, -0.15) is 10.2 Å². The van der Waals surface area contributed by atoms with E-state index in [2.05, 4.69) is 26.1 Å². The molecular weight excluding hydrogens is 311 g/mol. The number of benzene rings is 2. The minimum absolute atomic E-state index is 0.357. The topological polar surface area (TPSA) is 35.0 Å². The molecule has 0 saturated heterocycles. The number of halogens is 2. The van der Waals surface area contributed by atoms with Gasteiger partial charge in [0.05, 0.1) is 16.2 Å². The molecular formula is C14H8BrFN2O. The normalized spacial score (nSPS) is 10.6. The second-order valence-corrected chi connectivity index (χ2v) is 4.76. The zero-order valence-corrected chi connectivity index (χ0v) is 11.3. The minimum Gasteiger partial charge on any atom is -0.454 e. The number of fused-ring (bicyclic) bond motifs is 1. The maximum Gasteiger partial charge on any atom is 0.157 e. The maximum absolute atomic E-state index is 13.2. The quantitative estimate of drug-likeness (QED) is 0.705. The molecule has 19 heavy (non-hydrogen) atoms. The number of nitrogens with zero attached hydrogens (tertiary/aromatic N) is 2. The fourth-order valence-corrected chi connectivity index (χ4v) is 2.07. The van der Waals surface area contributed by atoms with Crippen molar-refractivity contribution in [3.8, 4) is 11.5 Å². The average molecular weight is 319 g/mol. The summed E-state index contributed by atoms with van der Waals surface area (Å²) in [5, 5.41) is 8.71. The van der Waals surface area contributed by atoms with E-state index in [1.165, 1.54) is 18.3 Å². The molecule has 0 aliphatic rings. The fourth-order valence-electron chi connectivity index (χ4n) is 1.74. The molecule has 0 N–H and O–H groups in total. The predicted molar refractivity (Wildman–Crippen MR) is 73.7 cm³/mol. The van der Waals surface area contributed by atoms with Gasteiger partial charge in [-0.3, -0.25) is 0 Å². The van der Waals surface area contributed by atoms with Gasteiger partial charge < -0.3 is 4.74 Å². The minimum atomic E-state index is -0.357. The molecule has 3 aromatic rings. The van der Waals surface area contributed by atoms with Crippen LogP contribution < -0.4 is 4.74 Å². The zero-order chi connectivity index (χ0) is 13.2. The van der Waals surface area contributed by atoms with E-state index in [-0.39, 0.29) is 5.82 Å². The third kappa shape index (κ3) is 2.42. The maximum atomic E-state index is 13.2. The first-order valence-corrected chi connectivity index (χ1v) is 6.37. The fraction of sp³-hybridized carbons (Fsp3) is 0. The highest BCUT2D eigenvalue weighted by atomic mass is 79.9. The van der Waals surface area contributed by atoms with Crippen molar-refractivity contribution in [3.05, 3.63) is 59.0 Å². The highest BCUT2D eigenvalue weighted by Crippen LogP contribution is 2.33. The van der Waals surface area contributed by atoms with Gasteiger partial charge in [0.15, 0.2) is 5.75 Å². The van der Waals surface area contributed by atoms with Gasteiger partial charge in [-0.05, 0) is 40.2 Å². The Balaban J connectivity index is 2.08. The van der Waals surface area contributed by atoms with Crippen molar-refractivity contribution in [2.24, 2.45) is 0 Å². The van der Waals surface area contributed by atoms with Gasteiger partial charge in [0.2, 0.25) is 0 Å². The molecule has 3 rings (SSSR count). The van der Waals surface area contributed by atoms with Gasteiger partial charge in [0.25, 0.3) is 0 Å². The van der Waals surface area contributed by atoms with Crippen LogP contribution in [-0.2, 0) is 0 Å². The third-order valence-electron chi connectivity index (χ3n) is 2.62. The van der Waals surface area contributed by atoms with Crippen LogP contribution in [0.15, 0.2) is 53.1 Å². The first-order valence-electron chi connectivity index (χ1n) is 5.57. The van der Waals surface area contributed by atoms with Crippen LogP contribution in [0.5, 0.6) is 11.5 Å². The molecule has 0 radical (unpaired) electrons. The molecule has 0 saturated carbocycles. The highest BCUT2D eigenvalue weighted by molar-refractivity contribution is 9.10. The van der Waals surface area contributed by atoms with Crippen molar-refractivity contribution in [3.63, 3.8) is 0 Å². The van der Waals surface area contributed by atoms with Crippen LogP contribution in [0, 0.1) is 5.82 Å². The number of ether oxygens (including phenoxy) is 1. The summed E-state index contributed by atoms with van der Waals surface area (Å²) in [7, 11) is 0. The Morgan fingerprint density at radius 3 is 2.79 bits per heavy atom. The smallest absolute Gasteiger partial charge is 0.157 e. The van der Waals surface area contributed by atoms with E-state index in [0.717, 1.165) is 10.9 Å². The van der Waals surface area contributed by atoms with Crippen LogP contribution in [0.1, 0.15) is 0 Å². The summed E-state index contributed by atoms with van der Waals surface area (Å²) >= 11 is 3.32. The second kappa shape index (κ2) is 4.93. The molecule has 3 nitrogen and oxygen atoms in total. The van der Waals surface area contributed by atoms with Crippen molar-refractivity contribution < 1.29 is 9.13 Å². The van der Waals surface area contributed by atoms with Gasteiger partial charge in [-0.25, -0.2) is 4.39 Å². The third-order valence-corrected chi connectivity index (χ3v) is 3.28. The summed E-state index contributed by atoms with van der Waals surface area (Å²) in [5.41, 5.74) is 0.729. The van der Waals surface area contributed by atoms with Gasteiger partial charge in [-0.15, -0.1) is 0 Å². The largest absolute Gasteiger partial charge is 0.454 e. The van der Waals surface area contributed by atoms with Crippen LogP contribution in [0.4, 0.5) is 4.39 Å². The van der Waals surface area contributed by atoms with Crippen LogP contribution in [-0.4, -0.2) is 10.2 Å². The molecule has 0 fully saturated rings. The van der Waals surface area contributed by atoms with E-state index < -0.39 is 0 Å². The van der Waals surface area contributed by atoms with Crippen LogP contribution in [0.2, 0.25) is 0 Å². The Morgan fingerprint density at radius 1 is 1.05 bits per heavy atom. The van der Waals surface area contributed by atoms with E-state index >= 15 is 0 Å². The Morgan fingerprint density at radius 2 is 1.89 bits per heavy atom. The summed E-state index contributed by atoms with van der Waals surface area (Å²) in [5.74, 6) is 0.583. The lowest BCUT2D eigenvalue weighted by Gasteiger charge is -2.09. The number of aromatic nitrogens is 2. The average Bonchev–Trinajstić information content (AvgIpc) is 2.43. The van der Waals surface area contributed by atoms with Crippen molar-refractivity contribution in [2.75, 3.05) is 0 Å². The first-order chi connectivity index (χ1) is 9.24. The van der Waals surface area contributed by atoms with Crippen molar-refractivity contribution in [1.29, 1.82) is 0 Å². The molecule has 0 atom stereocenters. The summed E-state index contributed by atoms with van der Waals surface area (Å²) in [6.07, 6.45) is 1.51. The molecule has 0 unspecified atom stereocenters. The van der Waals surface area contributed by atoms with Gasteiger partial charge in [0, 0.05) is 11.5 Å². The molecule has 1 heterocycles. The summed E-state index contributed by atoms with van der Waals surface area (Å²) in [6, 6.07) is 11.8. The molecule has 0 bridgehead atoms. The predicted octanol–water partition coefficient (Wildman–Crippen LogP) is 4.32. The lowest BCUT2D eigenvalue weighted by molar-refractivity contribution is 0.476. The summed E-state index contributed by atoms with van der Waals surface area (Å²) in [6.45, 7) is 0. The molecule has 2 aromatic carbocycles. The van der Waals surface area contributed by atoms with E-state index in [4.69, 9.17) is 4.74 Å². The molecule has 5 heteroatoms. The lowest BCUT2D eigenvalue weighted by atomic mass is 10.2. The van der Waals surface area contributed by atoms with Crippen LogP contribution in [0.3, 0.4) is 0 Å². The van der Waals surface area contributed by atoms with Gasteiger partial charge >= 0.3 is 0 Å². The number of hydrogen-bond acceptors (Lipinski definition) is 3. The Kier molecular flexibility index (Phi) is 3.13. The van der Waals surface area contributed by atoms with Crippen LogP contribution >= 0.6 is 15.9 Å². The number of rotatable bonds is 2. The molecule has 0 spiro atoms. The monoisotopic (exact) mass is 318 g/mol. The lowest BCUT2D eigenvalue weighted by Crippen LogP contribution is -1.91. The molecule has 0 aliphatic heterocycles. The summed E-state index contributed by atoms with van der Waals surface area (Å²) in [4.78, 5) is 0. The van der Waals surface area contributed by atoms with E-state index in [1.54, 1.807) is 6.07 Å². The second-order valence-electron chi connectivity index (χ2n) is 3.90. The Labute approximate surface area is 117 Å². The van der Waals surface area contributed by atoms with Crippen molar-refractivity contribution in [1.82, 2.24) is 10.2 Å². The zero-order valence-electron chi connectivity index (χ0n) is 9.68.